The van der Waals surface area contributed by atoms with Crippen LogP contribution in [0.1, 0.15) is 48.0 Å². The number of benzene rings is 1. The maximum absolute atomic E-state index is 13.2. The molecule has 1 saturated carbocycles. The van der Waals surface area contributed by atoms with Crippen LogP contribution < -0.4 is 5.32 Å². The molecule has 2 aliphatic rings. The van der Waals surface area contributed by atoms with Gasteiger partial charge in [0.15, 0.2) is 0 Å². The summed E-state index contributed by atoms with van der Waals surface area (Å²) in [4.78, 5) is 14.8. The zero-order valence-electron chi connectivity index (χ0n) is 12.6. The molecule has 1 aliphatic carbocycles. The number of nitrogens with one attached hydrogen (secondary N) is 1. The fourth-order valence-corrected chi connectivity index (χ4v) is 3.12. The monoisotopic (exact) mass is 290 g/mol. The van der Waals surface area contributed by atoms with Crippen LogP contribution in [0, 0.1) is 12.7 Å². The van der Waals surface area contributed by atoms with Gasteiger partial charge in [-0.15, -0.1) is 0 Å². The van der Waals surface area contributed by atoms with Crippen molar-refractivity contribution in [3.05, 3.63) is 35.1 Å². The Bertz CT molecular complexity index is 522. The summed E-state index contributed by atoms with van der Waals surface area (Å²) < 4.78 is 13.2. The largest absolute Gasteiger partial charge is 0.334 e. The Morgan fingerprint density at radius 2 is 2.14 bits per heavy atom. The Morgan fingerprint density at radius 1 is 1.33 bits per heavy atom. The van der Waals surface area contributed by atoms with Gasteiger partial charge in [0.25, 0.3) is 5.91 Å². The third kappa shape index (κ3) is 3.43. The molecule has 3 rings (SSSR count). The molecule has 3 nitrogen and oxygen atoms in total. The summed E-state index contributed by atoms with van der Waals surface area (Å²) in [6.07, 6.45) is 5.79. The van der Waals surface area contributed by atoms with E-state index in [1.165, 1.54) is 25.0 Å². The summed E-state index contributed by atoms with van der Waals surface area (Å²) in [6.45, 7) is 3.63. The lowest BCUT2D eigenvalue weighted by Crippen LogP contribution is -2.46. The predicted octanol–water partition coefficient (Wildman–Crippen LogP) is 2.88. The Balaban J connectivity index is 1.75. The smallest absolute Gasteiger partial charge is 0.254 e. The summed E-state index contributed by atoms with van der Waals surface area (Å²) in [7, 11) is 0. The molecule has 2 fully saturated rings. The fraction of sp³-hybridized carbons (Fsp3) is 0.588. The number of aryl methyl sites for hydroxylation is 1. The van der Waals surface area contributed by atoms with Crippen LogP contribution in [0.15, 0.2) is 18.2 Å². The van der Waals surface area contributed by atoms with Crippen LogP contribution in [0.4, 0.5) is 4.39 Å². The standard InChI is InChI=1S/C17H23FN2O/c1-12-10-13(18)5-8-16(12)17(21)20(15-6-7-15)11-14-4-2-3-9-19-14/h5,8,10,14-15,19H,2-4,6-7,9,11H2,1H3. The van der Waals surface area contributed by atoms with E-state index in [4.69, 9.17) is 0 Å². The molecule has 1 unspecified atom stereocenters. The van der Waals surface area contributed by atoms with Gasteiger partial charge >= 0.3 is 0 Å². The number of nitrogens with zero attached hydrogens (tertiary/aromatic N) is 1. The molecule has 1 N–H and O–H groups in total. The van der Waals surface area contributed by atoms with Crippen LogP contribution in [-0.4, -0.2) is 36.0 Å². The third-order valence-corrected chi connectivity index (χ3v) is 4.50. The van der Waals surface area contributed by atoms with E-state index in [1.54, 1.807) is 13.0 Å². The molecule has 1 saturated heterocycles. The van der Waals surface area contributed by atoms with Gasteiger partial charge in [-0.2, -0.15) is 0 Å². The summed E-state index contributed by atoms with van der Waals surface area (Å²) in [5.41, 5.74) is 1.36. The van der Waals surface area contributed by atoms with Crippen molar-refractivity contribution in [1.82, 2.24) is 10.2 Å². The van der Waals surface area contributed by atoms with E-state index in [-0.39, 0.29) is 11.7 Å². The van der Waals surface area contributed by atoms with Crippen LogP contribution in [0.25, 0.3) is 0 Å². The first-order valence-electron chi connectivity index (χ1n) is 7.95. The van der Waals surface area contributed by atoms with E-state index < -0.39 is 0 Å². The molecule has 1 aromatic rings. The number of carbonyl (C=O) groups excluding carboxylic acids is 1. The van der Waals surface area contributed by atoms with E-state index in [0.29, 0.717) is 17.6 Å². The second-order valence-electron chi connectivity index (χ2n) is 6.29. The van der Waals surface area contributed by atoms with Crippen LogP contribution in [0.5, 0.6) is 0 Å². The van der Waals surface area contributed by atoms with Gasteiger partial charge in [0.2, 0.25) is 0 Å². The lowest BCUT2D eigenvalue weighted by Gasteiger charge is -2.31. The summed E-state index contributed by atoms with van der Waals surface area (Å²) in [5, 5.41) is 3.51. The third-order valence-electron chi connectivity index (χ3n) is 4.50. The highest BCUT2D eigenvalue weighted by molar-refractivity contribution is 5.96. The molecule has 1 heterocycles. The number of amides is 1. The first-order valence-corrected chi connectivity index (χ1v) is 7.95. The number of hydrogen-bond donors (Lipinski definition) is 1. The average molecular weight is 290 g/mol. The van der Waals surface area contributed by atoms with Gasteiger partial charge in [-0.3, -0.25) is 4.79 Å². The van der Waals surface area contributed by atoms with Crippen LogP contribution in [0.3, 0.4) is 0 Å². The highest BCUT2D eigenvalue weighted by Gasteiger charge is 2.35. The zero-order valence-corrected chi connectivity index (χ0v) is 12.6. The average Bonchev–Trinajstić information content (AvgIpc) is 3.30. The summed E-state index contributed by atoms with van der Waals surface area (Å²) >= 11 is 0. The number of piperidine rings is 1. The lowest BCUT2D eigenvalue weighted by molar-refractivity contribution is 0.0717. The molecule has 1 aromatic carbocycles. The minimum atomic E-state index is -0.282. The molecule has 114 valence electrons. The van der Waals surface area contributed by atoms with Crippen molar-refractivity contribution >= 4 is 5.91 Å². The van der Waals surface area contributed by atoms with Gasteiger partial charge in [-0.05, 0) is 62.9 Å². The van der Waals surface area contributed by atoms with Gasteiger partial charge in [0, 0.05) is 24.2 Å². The first-order chi connectivity index (χ1) is 10.1. The second-order valence-corrected chi connectivity index (χ2v) is 6.29. The van der Waals surface area contributed by atoms with Crippen LogP contribution >= 0.6 is 0 Å². The summed E-state index contributed by atoms with van der Waals surface area (Å²) in [6, 6.07) is 5.23. The normalized spacial score (nSPS) is 22.1. The maximum atomic E-state index is 13.2. The van der Waals surface area contributed by atoms with Crippen molar-refractivity contribution in [2.75, 3.05) is 13.1 Å². The fourth-order valence-electron chi connectivity index (χ4n) is 3.12. The Kier molecular flexibility index (Phi) is 4.24. The van der Waals surface area contributed by atoms with Crippen molar-refractivity contribution in [3.8, 4) is 0 Å². The quantitative estimate of drug-likeness (QED) is 0.925. The molecular weight excluding hydrogens is 267 g/mol. The van der Waals surface area contributed by atoms with Gasteiger partial charge < -0.3 is 10.2 Å². The van der Waals surface area contributed by atoms with Crippen molar-refractivity contribution in [2.24, 2.45) is 0 Å². The highest BCUT2D eigenvalue weighted by Crippen LogP contribution is 2.29. The molecule has 4 heteroatoms. The zero-order chi connectivity index (χ0) is 14.8. The minimum absolute atomic E-state index is 0.0578. The van der Waals surface area contributed by atoms with Gasteiger partial charge in [-0.1, -0.05) is 6.42 Å². The molecule has 0 aromatic heterocycles. The number of hydrogen-bond acceptors (Lipinski definition) is 2. The number of carbonyl (C=O) groups is 1. The van der Waals surface area contributed by atoms with Crippen molar-refractivity contribution < 1.29 is 9.18 Å². The molecule has 1 amide bonds. The molecule has 0 radical (unpaired) electrons. The summed E-state index contributed by atoms with van der Waals surface area (Å²) in [5.74, 6) is -0.224. The predicted molar refractivity (Wildman–Crippen MR) is 80.8 cm³/mol. The Morgan fingerprint density at radius 3 is 2.76 bits per heavy atom. The first kappa shape index (κ1) is 14.5. The van der Waals surface area contributed by atoms with Gasteiger partial charge in [0.1, 0.15) is 5.82 Å². The second kappa shape index (κ2) is 6.14. The molecule has 1 aliphatic heterocycles. The van der Waals surface area contributed by atoms with E-state index >= 15 is 0 Å². The molecule has 0 bridgehead atoms. The maximum Gasteiger partial charge on any atom is 0.254 e. The molecule has 1 atom stereocenters. The van der Waals surface area contributed by atoms with Gasteiger partial charge in [-0.25, -0.2) is 4.39 Å². The van der Waals surface area contributed by atoms with Crippen molar-refractivity contribution in [2.45, 2.75) is 51.1 Å². The SMILES string of the molecule is Cc1cc(F)ccc1C(=O)N(CC1CCCCN1)C1CC1. The van der Waals surface area contributed by atoms with Gasteiger partial charge in [0.05, 0.1) is 0 Å². The van der Waals surface area contributed by atoms with E-state index in [2.05, 4.69) is 5.32 Å². The molecular formula is C17H23FN2O. The molecule has 21 heavy (non-hydrogen) atoms. The Hall–Kier alpha value is -1.42. The highest BCUT2D eigenvalue weighted by atomic mass is 19.1. The van der Waals surface area contributed by atoms with E-state index in [9.17, 15) is 9.18 Å². The van der Waals surface area contributed by atoms with E-state index in [0.717, 1.165) is 37.9 Å². The van der Waals surface area contributed by atoms with E-state index in [1.807, 2.05) is 4.90 Å². The van der Waals surface area contributed by atoms with Crippen molar-refractivity contribution in [1.29, 1.82) is 0 Å². The minimum Gasteiger partial charge on any atom is -0.334 e. The number of halogens is 1. The Labute approximate surface area is 125 Å². The van der Waals surface area contributed by atoms with Crippen LogP contribution in [-0.2, 0) is 0 Å². The topological polar surface area (TPSA) is 32.3 Å². The van der Waals surface area contributed by atoms with Crippen LogP contribution in [0.2, 0.25) is 0 Å². The van der Waals surface area contributed by atoms with Crippen molar-refractivity contribution in [3.63, 3.8) is 0 Å². The number of rotatable bonds is 4. The lowest BCUT2D eigenvalue weighted by atomic mass is 10.0. The molecule has 0 spiro atoms.